The minimum atomic E-state index is -0.308. The average molecular weight is 369 g/mol. The van der Waals surface area contributed by atoms with Gasteiger partial charge in [0.25, 0.3) is 0 Å². The predicted octanol–water partition coefficient (Wildman–Crippen LogP) is 2.08. The first-order valence-electron chi connectivity index (χ1n) is 8.83. The molecule has 1 fully saturated rings. The molecule has 0 spiro atoms. The van der Waals surface area contributed by atoms with Crippen molar-refractivity contribution < 1.29 is 13.9 Å². The number of rotatable bonds is 3. The van der Waals surface area contributed by atoms with E-state index >= 15 is 0 Å². The number of hydrogen-bond acceptors (Lipinski definition) is 3. The SMILES string of the molecule is Cn1c(=O)n(CC(=O)N2CCOC(c3ccc(F)cc3)C2)c2ccccc21. The van der Waals surface area contributed by atoms with Gasteiger partial charge in [0.2, 0.25) is 5.91 Å². The number of aromatic nitrogens is 2. The Labute approximate surface area is 155 Å². The third kappa shape index (κ3) is 3.26. The molecule has 1 aliphatic rings. The zero-order chi connectivity index (χ0) is 19.0. The van der Waals surface area contributed by atoms with Crippen molar-refractivity contribution in [3.63, 3.8) is 0 Å². The molecule has 1 amide bonds. The molecule has 1 aliphatic heterocycles. The number of nitrogens with zero attached hydrogens (tertiary/aromatic N) is 3. The molecule has 6 nitrogen and oxygen atoms in total. The number of halogens is 1. The predicted molar refractivity (Wildman–Crippen MR) is 98.9 cm³/mol. The number of carbonyl (C=O) groups excluding carboxylic acids is 1. The second-order valence-electron chi connectivity index (χ2n) is 6.67. The van der Waals surface area contributed by atoms with Crippen molar-refractivity contribution in [1.82, 2.24) is 14.0 Å². The summed E-state index contributed by atoms with van der Waals surface area (Å²) in [5, 5.41) is 0. The lowest BCUT2D eigenvalue weighted by molar-refractivity contribution is -0.139. The van der Waals surface area contributed by atoms with Crippen LogP contribution in [0.2, 0.25) is 0 Å². The highest BCUT2D eigenvalue weighted by Crippen LogP contribution is 2.23. The maximum atomic E-state index is 13.1. The molecule has 140 valence electrons. The summed E-state index contributed by atoms with van der Waals surface area (Å²) in [6.07, 6.45) is -0.299. The molecule has 0 saturated carbocycles. The van der Waals surface area contributed by atoms with E-state index in [1.54, 1.807) is 28.6 Å². The topological polar surface area (TPSA) is 56.5 Å². The van der Waals surface area contributed by atoms with Gasteiger partial charge in [-0.05, 0) is 29.8 Å². The molecule has 0 aliphatic carbocycles. The molecule has 2 heterocycles. The minimum Gasteiger partial charge on any atom is -0.370 e. The number of fused-ring (bicyclic) bond motifs is 1. The van der Waals surface area contributed by atoms with E-state index < -0.39 is 0 Å². The summed E-state index contributed by atoms with van der Waals surface area (Å²) >= 11 is 0. The van der Waals surface area contributed by atoms with E-state index in [0.29, 0.717) is 19.7 Å². The van der Waals surface area contributed by atoms with Gasteiger partial charge in [0.1, 0.15) is 18.5 Å². The van der Waals surface area contributed by atoms with Gasteiger partial charge < -0.3 is 9.64 Å². The smallest absolute Gasteiger partial charge is 0.329 e. The second-order valence-corrected chi connectivity index (χ2v) is 6.67. The van der Waals surface area contributed by atoms with Gasteiger partial charge in [-0.2, -0.15) is 0 Å². The molecule has 0 N–H and O–H groups in total. The average Bonchev–Trinajstić information content (AvgIpc) is 2.94. The number of ether oxygens (including phenoxy) is 1. The molecule has 2 aromatic carbocycles. The molecule has 7 heteroatoms. The Bertz CT molecular complexity index is 1040. The summed E-state index contributed by atoms with van der Waals surface area (Å²) in [6, 6.07) is 13.5. The van der Waals surface area contributed by atoms with Gasteiger partial charge in [-0.3, -0.25) is 13.9 Å². The molecule has 1 aromatic heterocycles. The maximum absolute atomic E-state index is 13.1. The fourth-order valence-corrected chi connectivity index (χ4v) is 3.51. The summed E-state index contributed by atoms with van der Waals surface area (Å²) in [5.41, 5.74) is 2.15. The lowest BCUT2D eigenvalue weighted by atomic mass is 10.1. The van der Waals surface area contributed by atoms with Gasteiger partial charge in [0.05, 0.1) is 24.2 Å². The van der Waals surface area contributed by atoms with Crippen molar-refractivity contribution >= 4 is 16.9 Å². The van der Waals surface area contributed by atoms with Crippen LogP contribution in [0.3, 0.4) is 0 Å². The van der Waals surface area contributed by atoms with E-state index in [9.17, 15) is 14.0 Å². The van der Waals surface area contributed by atoms with E-state index in [0.717, 1.165) is 16.6 Å². The molecule has 1 unspecified atom stereocenters. The third-order valence-corrected chi connectivity index (χ3v) is 5.01. The number of benzene rings is 2. The minimum absolute atomic E-state index is 0.0175. The van der Waals surface area contributed by atoms with Crippen LogP contribution in [0.5, 0.6) is 0 Å². The Balaban J connectivity index is 1.54. The van der Waals surface area contributed by atoms with Crippen LogP contribution < -0.4 is 5.69 Å². The first kappa shape index (κ1) is 17.5. The van der Waals surface area contributed by atoms with Gasteiger partial charge in [0, 0.05) is 13.6 Å². The third-order valence-electron chi connectivity index (χ3n) is 5.01. The Morgan fingerprint density at radius 1 is 1.15 bits per heavy atom. The van der Waals surface area contributed by atoms with Crippen LogP contribution in [0.25, 0.3) is 11.0 Å². The molecule has 0 radical (unpaired) electrons. The van der Waals surface area contributed by atoms with Gasteiger partial charge >= 0.3 is 5.69 Å². The Kier molecular flexibility index (Phi) is 4.53. The molecule has 27 heavy (non-hydrogen) atoms. The fourth-order valence-electron chi connectivity index (χ4n) is 3.51. The second kappa shape index (κ2) is 7.00. The first-order valence-corrected chi connectivity index (χ1v) is 8.83. The summed E-state index contributed by atoms with van der Waals surface area (Å²) in [4.78, 5) is 27.1. The summed E-state index contributed by atoms with van der Waals surface area (Å²) in [7, 11) is 1.70. The van der Waals surface area contributed by atoms with E-state index in [2.05, 4.69) is 0 Å². The van der Waals surface area contributed by atoms with Gasteiger partial charge in [-0.15, -0.1) is 0 Å². The lowest BCUT2D eigenvalue weighted by Crippen LogP contribution is -2.44. The zero-order valence-electron chi connectivity index (χ0n) is 15.0. The quantitative estimate of drug-likeness (QED) is 0.710. The highest BCUT2D eigenvalue weighted by Gasteiger charge is 2.26. The van der Waals surface area contributed by atoms with Crippen LogP contribution in [0, 0.1) is 5.82 Å². The van der Waals surface area contributed by atoms with Crippen LogP contribution in [0.15, 0.2) is 53.3 Å². The van der Waals surface area contributed by atoms with Crippen molar-refractivity contribution in [3.8, 4) is 0 Å². The largest absolute Gasteiger partial charge is 0.370 e. The monoisotopic (exact) mass is 369 g/mol. The molecule has 1 atom stereocenters. The Morgan fingerprint density at radius 2 is 1.85 bits per heavy atom. The van der Waals surface area contributed by atoms with Gasteiger partial charge in [-0.25, -0.2) is 9.18 Å². The number of aryl methyl sites for hydroxylation is 1. The Hall–Kier alpha value is -2.93. The van der Waals surface area contributed by atoms with Crippen molar-refractivity contribution in [1.29, 1.82) is 0 Å². The van der Waals surface area contributed by atoms with Crippen LogP contribution in [-0.2, 0) is 23.1 Å². The normalized spacial score (nSPS) is 17.4. The summed E-state index contributed by atoms with van der Waals surface area (Å²) in [6.45, 7) is 1.23. The van der Waals surface area contributed by atoms with Crippen molar-refractivity contribution in [2.45, 2.75) is 12.6 Å². The standard InChI is InChI=1S/C20H20FN3O3/c1-22-16-4-2-3-5-17(16)24(20(22)26)13-19(25)23-10-11-27-18(12-23)14-6-8-15(21)9-7-14/h2-9,18H,10-13H2,1H3. The van der Waals surface area contributed by atoms with Crippen LogP contribution in [0.1, 0.15) is 11.7 Å². The van der Waals surface area contributed by atoms with Crippen molar-refractivity contribution in [2.75, 3.05) is 19.7 Å². The number of imidazole rings is 1. The number of morpholine rings is 1. The highest BCUT2D eigenvalue weighted by molar-refractivity contribution is 5.81. The summed E-state index contributed by atoms with van der Waals surface area (Å²) < 4.78 is 21.9. The first-order chi connectivity index (χ1) is 13.0. The summed E-state index contributed by atoms with van der Waals surface area (Å²) in [5.74, 6) is -0.443. The molecule has 0 bridgehead atoms. The fraction of sp³-hybridized carbons (Fsp3) is 0.300. The molecule has 3 aromatic rings. The zero-order valence-corrected chi connectivity index (χ0v) is 15.0. The van der Waals surface area contributed by atoms with Crippen LogP contribution in [-0.4, -0.2) is 39.6 Å². The van der Waals surface area contributed by atoms with E-state index in [4.69, 9.17) is 4.74 Å². The number of para-hydroxylation sites is 2. The molecule has 1 saturated heterocycles. The molecular weight excluding hydrogens is 349 g/mol. The number of carbonyl (C=O) groups is 1. The van der Waals surface area contributed by atoms with E-state index in [1.165, 1.54) is 16.7 Å². The van der Waals surface area contributed by atoms with Crippen LogP contribution >= 0.6 is 0 Å². The maximum Gasteiger partial charge on any atom is 0.329 e. The highest BCUT2D eigenvalue weighted by atomic mass is 19.1. The molecular formula is C20H20FN3O3. The van der Waals surface area contributed by atoms with Crippen molar-refractivity contribution in [2.24, 2.45) is 7.05 Å². The number of hydrogen-bond donors (Lipinski definition) is 0. The lowest BCUT2D eigenvalue weighted by Gasteiger charge is -2.33. The van der Waals surface area contributed by atoms with E-state index in [1.807, 2.05) is 24.3 Å². The van der Waals surface area contributed by atoms with Crippen molar-refractivity contribution in [3.05, 3.63) is 70.4 Å². The Morgan fingerprint density at radius 3 is 2.59 bits per heavy atom. The van der Waals surface area contributed by atoms with Gasteiger partial charge in [-0.1, -0.05) is 24.3 Å². The number of amides is 1. The van der Waals surface area contributed by atoms with Gasteiger partial charge in [0.15, 0.2) is 0 Å². The van der Waals surface area contributed by atoms with E-state index in [-0.39, 0.29) is 30.1 Å². The van der Waals surface area contributed by atoms with Crippen LogP contribution in [0.4, 0.5) is 4.39 Å². The molecule has 4 rings (SSSR count).